The lowest BCUT2D eigenvalue weighted by Crippen LogP contribution is -2.35. The Morgan fingerprint density at radius 3 is 2.44 bits per heavy atom. The van der Waals surface area contributed by atoms with Gasteiger partial charge in [0, 0.05) is 6.42 Å². The molecule has 1 unspecified atom stereocenters. The van der Waals surface area contributed by atoms with Crippen LogP contribution in [0.5, 0.6) is 11.5 Å². The molecule has 1 heterocycles. The number of nitrogens with zero attached hydrogens (tertiary/aromatic N) is 1. The molecule has 0 saturated carbocycles. The Hall–Kier alpha value is -2.65. The minimum Gasteiger partial charge on any atom is -0.490 e. The number of carbonyl (C=O) groups excluding carboxylic acids is 1. The van der Waals surface area contributed by atoms with Gasteiger partial charge in [-0.25, -0.2) is 4.79 Å². The van der Waals surface area contributed by atoms with Crippen molar-refractivity contribution in [1.82, 2.24) is 5.32 Å². The van der Waals surface area contributed by atoms with Gasteiger partial charge in [-0.15, -0.1) is 13.2 Å². The van der Waals surface area contributed by atoms with Crippen LogP contribution in [0.3, 0.4) is 0 Å². The zero-order valence-electron chi connectivity index (χ0n) is 15.1. The molecule has 1 aliphatic heterocycles. The molecule has 1 N–H and O–H groups in total. The van der Waals surface area contributed by atoms with Gasteiger partial charge in [-0.1, -0.05) is 5.16 Å². The van der Waals surface area contributed by atoms with E-state index in [1.807, 2.05) is 0 Å². The number of nitrogens with one attached hydrogen (secondary N) is 1. The van der Waals surface area contributed by atoms with E-state index in [2.05, 4.69) is 15.2 Å². The number of carbonyl (C=O) groups is 1. The fourth-order valence-electron chi connectivity index (χ4n) is 2.10. The van der Waals surface area contributed by atoms with Crippen molar-refractivity contribution in [2.75, 3.05) is 13.2 Å². The predicted molar refractivity (Wildman–Crippen MR) is 89.8 cm³/mol. The van der Waals surface area contributed by atoms with E-state index in [9.17, 15) is 18.0 Å². The molecule has 0 aromatic heterocycles. The van der Waals surface area contributed by atoms with E-state index in [1.54, 1.807) is 20.8 Å². The van der Waals surface area contributed by atoms with Gasteiger partial charge in [-0.2, -0.15) is 0 Å². The van der Waals surface area contributed by atoms with Gasteiger partial charge in [0.2, 0.25) is 0 Å². The molecule has 1 atom stereocenters. The van der Waals surface area contributed by atoms with Crippen molar-refractivity contribution >= 4 is 11.8 Å². The van der Waals surface area contributed by atoms with E-state index in [1.165, 1.54) is 12.1 Å². The van der Waals surface area contributed by atoms with Crippen molar-refractivity contribution in [3.8, 4) is 11.5 Å². The number of alkyl halides is 3. The highest BCUT2D eigenvalue weighted by Crippen LogP contribution is 2.25. The first kappa shape index (κ1) is 20.7. The molecule has 1 aromatic carbocycles. The standard InChI is InChI=1S/C17H21F3N2O5/c1-16(2,3)26-15(23)21-9-11-8-14(27-22-11)10-24-12-4-6-13(7-5-12)25-17(18,19)20/h4-7,14H,8-10H2,1-3H3,(H,21,23). The number of rotatable bonds is 6. The number of amides is 1. The first-order chi connectivity index (χ1) is 12.5. The Morgan fingerprint density at radius 2 is 1.85 bits per heavy atom. The Kier molecular flexibility index (Phi) is 6.40. The number of hydrogen-bond donors (Lipinski definition) is 1. The van der Waals surface area contributed by atoms with Gasteiger partial charge < -0.3 is 24.4 Å². The molecule has 0 spiro atoms. The summed E-state index contributed by atoms with van der Waals surface area (Å²) in [6, 6.07) is 5.04. The summed E-state index contributed by atoms with van der Waals surface area (Å²) in [5.74, 6) is 0.0410. The summed E-state index contributed by atoms with van der Waals surface area (Å²) in [6.07, 6.45) is -5.19. The molecule has 150 valence electrons. The molecule has 1 aliphatic rings. The second-order valence-electron chi connectivity index (χ2n) is 6.77. The zero-order chi connectivity index (χ0) is 20.1. The fourth-order valence-corrected chi connectivity index (χ4v) is 2.10. The lowest BCUT2D eigenvalue weighted by Gasteiger charge is -2.19. The van der Waals surface area contributed by atoms with E-state index in [0.29, 0.717) is 17.9 Å². The van der Waals surface area contributed by atoms with E-state index in [0.717, 1.165) is 12.1 Å². The highest BCUT2D eigenvalue weighted by atomic mass is 19.4. The highest BCUT2D eigenvalue weighted by molar-refractivity contribution is 5.89. The topological polar surface area (TPSA) is 78.4 Å². The predicted octanol–water partition coefficient (Wildman–Crippen LogP) is 3.63. The van der Waals surface area contributed by atoms with Gasteiger partial charge in [0.15, 0.2) is 6.10 Å². The second-order valence-corrected chi connectivity index (χ2v) is 6.77. The molecule has 7 nitrogen and oxygen atoms in total. The molecule has 1 amide bonds. The summed E-state index contributed by atoms with van der Waals surface area (Å²) in [6.45, 7) is 5.63. The number of hydrogen-bond acceptors (Lipinski definition) is 6. The third-order valence-electron chi connectivity index (χ3n) is 3.12. The molecule has 2 rings (SSSR count). The maximum absolute atomic E-state index is 12.1. The number of halogens is 3. The van der Waals surface area contributed by atoms with Gasteiger partial charge in [0.05, 0.1) is 12.3 Å². The van der Waals surface area contributed by atoms with Crippen LogP contribution in [0.2, 0.25) is 0 Å². The van der Waals surface area contributed by atoms with Crippen LogP contribution >= 0.6 is 0 Å². The van der Waals surface area contributed by atoms with Crippen LogP contribution in [0.1, 0.15) is 27.2 Å². The number of ether oxygens (including phenoxy) is 3. The normalized spacial score (nSPS) is 17.0. The van der Waals surface area contributed by atoms with Crippen LogP contribution in [0.25, 0.3) is 0 Å². The third kappa shape index (κ3) is 8.06. The zero-order valence-corrected chi connectivity index (χ0v) is 15.1. The second kappa shape index (κ2) is 8.36. The number of oxime groups is 1. The maximum atomic E-state index is 12.1. The van der Waals surface area contributed by atoms with Crippen molar-refractivity contribution in [3.05, 3.63) is 24.3 Å². The molecule has 0 radical (unpaired) electrons. The average Bonchev–Trinajstić information content (AvgIpc) is 2.97. The van der Waals surface area contributed by atoms with Crippen LogP contribution in [-0.2, 0) is 9.57 Å². The van der Waals surface area contributed by atoms with Crippen LogP contribution in [0.15, 0.2) is 29.4 Å². The van der Waals surface area contributed by atoms with Crippen molar-refractivity contribution in [3.63, 3.8) is 0 Å². The molecule has 0 fully saturated rings. The van der Waals surface area contributed by atoms with Crippen molar-refractivity contribution in [1.29, 1.82) is 0 Å². The summed E-state index contributed by atoms with van der Waals surface area (Å²) in [5, 5.41) is 6.46. The average molecular weight is 390 g/mol. The first-order valence-corrected chi connectivity index (χ1v) is 8.17. The molecule has 0 aliphatic carbocycles. The van der Waals surface area contributed by atoms with E-state index in [4.69, 9.17) is 14.3 Å². The number of benzene rings is 1. The van der Waals surface area contributed by atoms with Gasteiger partial charge in [0.25, 0.3) is 0 Å². The summed E-state index contributed by atoms with van der Waals surface area (Å²) in [4.78, 5) is 16.8. The van der Waals surface area contributed by atoms with Gasteiger partial charge in [-0.3, -0.25) is 0 Å². The van der Waals surface area contributed by atoms with Gasteiger partial charge >= 0.3 is 12.5 Å². The molecular formula is C17H21F3N2O5. The quantitative estimate of drug-likeness (QED) is 0.803. The summed E-state index contributed by atoms with van der Waals surface area (Å²) in [5.41, 5.74) is 0.0400. The molecule has 0 bridgehead atoms. The van der Waals surface area contributed by atoms with Crippen LogP contribution in [0, 0.1) is 0 Å². The molecular weight excluding hydrogens is 369 g/mol. The first-order valence-electron chi connectivity index (χ1n) is 8.17. The van der Waals surface area contributed by atoms with E-state index in [-0.39, 0.29) is 25.0 Å². The van der Waals surface area contributed by atoms with E-state index >= 15 is 0 Å². The molecule has 27 heavy (non-hydrogen) atoms. The SMILES string of the molecule is CC(C)(C)OC(=O)NCC1=NOC(COc2ccc(OC(F)(F)F)cc2)C1. The van der Waals surface area contributed by atoms with Gasteiger partial charge in [-0.05, 0) is 45.0 Å². The molecule has 10 heteroatoms. The Labute approximate surface area is 154 Å². The fraction of sp³-hybridized carbons (Fsp3) is 0.529. The van der Waals surface area contributed by atoms with Crippen LogP contribution in [0.4, 0.5) is 18.0 Å². The summed E-state index contributed by atoms with van der Waals surface area (Å²) in [7, 11) is 0. The monoisotopic (exact) mass is 390 g/mol. The minimum absolute atomic E-state index is 0.152. The minimum atomic E-state index is -4.73. The molecule has 0 saturated heterocycles. The summed E-state index contributed by atoms with van der Waals surface area (Å²) >= 11 is 0. The van der Waals surface area contributed by atoms with Crippen LogP contribution in [-0.4, -0.2) is 43.0 Å². The lowest BCUT2D eigenvalue weighted by molar-refractivity contribution is -0.274. The maximum Gasteiger partial charge on any atom is 0.573 e. The van der Waals surface area contributed by atoms with Crippen molar-refractivity contribution in [2.24, 2.45) is 5.16 Å². The van der Waals surface area contributed by atoms with Crippen molar-refractivity contribution in [2.45, 2.75) is 45.3 Å². The lowest BCUT2D eigenvalue weighted by atomic mass is 10.2. The Balaban J connectivity index is 1.69. The van der Waals surface area contributed by atoms with E-state index < -0.39 is 18.1 Å². The summed E-state index contributed by atoms with van der Waals surface area (Å²) < 4.78 is 50.7. The van der Waals surface area contributed by atoms with Crippen molar-refractivity contribution < 1.29 is 37.0 Å². The molecule has 1 aromatic rings. The Bertz CT molecular complexity index is 669. The van der Waals surface area contributed by atoms with Gasteiger partial charge in [0.1, 0.15) is 23.7 Å². The Morgan fingerprint density at radius 1 is 1.22 bits per heavy atom. The smallest absolute Gasteiger partial charge is 0.490 e. The highest BCUT2D eigenvalue weighted by Gasteiger charge is 2.31. The largest absolute Gasteiger partial charge is 0.573 e. The third-order valence-corrected chi connectivity index (χ3v) is 3.12. The number of alkyl carbamates (subject to hydrolysis) is 1. The van der Waals surface area contributed by atoms with Crippen LogP contribution < -0.4 is 14.8 Å².